The van der Waals surface area contributed by atoms with E-state index in [-0.39, 0.29) is 5.31 Å². The maximum absolute atomic E-state index is 6.10. The third kappa shape index (κ3) is 6.65. The number of aryl methyl sites for hydroxylation is 1. The van der Waals surface area contributed by atoms with E-state index in [9.17, 15) is 0 Å². The fourth-order valence-electron chi connectivity index (χ4n) is 7.84. The second-order valence-electron chi connectivity index (χ2n) is 14.0. The normalized spacial score (nSPS) is 13.9. The molecule has 5 heteroatoms. The quantitative estimate of drug-likeness (QED) is 0.120. The van der Waals surface area contributed by atoms with E-state index in [0.717, 1.165) is 59.4 Å². The molecule has 0 amide bonds. The molecular formula is C45H49BN2O2. The zero-order chi connectivity index (χ0) is 35.1. The maximum Gasteiger partial charge on any atom is 0.374 e. The Morgan fingerprint density at radius 1 is 0.680 bits per heavy atom. The SMILES string of the molecule is CC(C)(C)[B-](c1ccccc1)(c1ccccc1)c1ccccc1.CCC(/C=C1\Oc2ccccc2N1CC)=C\c1oc2ccccc2[n+]1CC. The van der Waals surface area contributed by atoms with E-state index in [2.05, 4.69) is 166 Å². The number of ether oxygens (including phenoxy) is 1. The van der Waals surface area contributed by atoms with Crippen LogP contribution in [0.15, 0.2) is 161 Å². The van der Waals surface area contributed by atoms with Gasteiger partial charge in [0.05, 0.1) is 17.9 Å². The van der Waals surface area contributed by atoms with Gasteiger partial charge in [-0.3, -0.25) is 0 Å². The molecule has 0 aliphatic carbocycles. The highest BCUT2D eigenvalue weighted by molar-refractivity contribution is 7.13. The molecular weight excluding hydrogens is 611 g/mol. The van der Waals surface area contributed by atoms with Crippen LogP contribution in [-0.2, 0) is 6.54 Å². The Labute approximate surface area is 298 Å². The van der Waals surface area contributed by atoms with Gasteiger partial charge >= 0.3 is 5.89 Å². The summed E-state index contributed by atoms with van der Waals surface area (Å²) >= 11 is 0. The number of allylic oxidation sites excluding steroid dienone is 2. The van der Waals surface area contributed by atoms with E-state index in [1.165, 1.54) is 16.4 Å². The van der Waals surface area contributed by atoms with Gasteiger partial charge in [0.15, 0.2) is 5.75 Å². The predicted molar refractivity (Wildman–Crippen MR) is 212 cm³/mol. The Morgan fingerprint density at radius 3 is 1.72 bits per heavy atom. The minimum absolute atomic E-state index is 0.0874. The molecule has 0 radical (unpaired) electrons. The van der Waals surface area contributed by atoms with Crippen LogP contribution in [0.25, 0.3) is 17.2 Å². The van der Waals surface area contributed by atoms with Crippen LogP contribution in [-0.4, -0.2) is 12.7 Å². The lowest BCUT2D eigenvalue weighted by atomic mass is 9.07. The molecule has 254 valence electrons. The number of hydrogen-bond acceptors (Lipinski definition) is 3. The molecule has 1 aromatic heterocycles. The third-order valence-corrected chi connectivity index (χ3v) is 10.1. The maximum atomic E-state index is 6.10. The summed E-state index contributed by atoms with van der Waals surface area (Å²) in [6.45, 7) is 15.2. The van der Waals surface area contributed by atoms with E-state index in [1.54, 1.807) is 0 Å². The first-order valence-corrected chi connectivity index (χ1v) is 18.0. The van der Waals surface area contributed by atoms with Crippen molar-refractivity contribution in [1.82, 2.24) is 0 Å². The van der Waals surface area contributed by atoms with Gasteiger partial charge in [-0.1, -0.05) is 143 Å². The summed E-state index contributed by atoms with van der Waals surface area (Å²) in [5.41, 5.74) is 8.52. The van der Waals surface area contributed by atoms with Crippen LogP contribution in [0.4, 0.5) is 5.69 Å². The van der Waals surface area contributed by atoms with Gasteiger partial charge in [0.2, 0.25) is 11.5 Å². The first-order chi connectivity index (χ1) is 24.3. The van der Waals surface area contributed by atoms with E-state index in [0.29, 0.717) is 0 Å². The molecule has 0 saturated carbocycles. The Kier molecular flexibility index (Phi) is 10.4. The molecule has 7 rings (SSSR count). The zero-order valence-electron chi connectivity index (χ0n) is 30.3. The van der Waals surface area contributed by atoms with Crippen LogP contribution in [0, 0.1) is 0 Å². The Bertz CT molecular complexity index is 1980. The highest BCUT2D eigenvalue weighted by atomic mass is 16.5. The standard InChI is InChI=1S/C23H25N2O2.C22H24B/c1-4-17(15-22-24(5-2)18-11-7-9-13-20(18)26-22)16-23-25(6-3)19-12-8-10-14-21(19)27-23;1-22(2,3)23(19-13-7-4-8-14-19,20-15-9-5-10-16-20)21-17-11-6-12-18-21/h7-16H,4-6H2,1-3H3;4-18H,1-3H3/q+1;-1. The Hall–Kier alpha value is -5.29. The van der Waals surface area contributed by atoms with E-state index >= 15 is 0 Å². The van der Waals surface area contributed by atoms with Gasteiger partial charge in [0.1, 0.15) is 6.54 Å². The van der Waals surface area contributed by atoms with E-state index in [1.807, 2.05) is 36.4 Å². The van der Waals surface area contributed by atoms with Crippen molar-refractivity contribution >= 4 is 45.4 Å². The summed E-state index contributed by atoms with van der Waals surface area (Å²) in [7, 11) is 0. The molecule has 0 spiro atoms. The molecule has 1 aliphatic rings. The summed E-state index contributed by atoms with van der Waals surface area (Å²) in [4.78, 5) is 2.20. The molecule has 0 unspecified atom stereocenters. The Morgan fingerprint density at radius 2 is 1.20 bits per heavy atom. The van der Waals surface area contributed by atoms with Crippen LogP contribution in [0.2, 0.25) is 5.31 Å². The van der Waals surface area contributed by atoms with Crippen molar-refractivity contribution in [3.8, 4) is 5.75 Å². The van der Waals surface area contributed by atoms with Gasteiger partial charge in [0, 0.05) is 18.7 Å². The fraction of sp³-hybridized carbons (Fsp3) is 0.222. The molecule has 6 aromatic rings. The van der Waals surface area contributed by atoms with Crippen molar-refractivity contribution in [1.29, 1.82) is 0 Å². The smallest absolute Gasteiger partial charge is 0.374 e. The summed E-state index contributed by atoms with van der Waals surface area (Å²) in [6, 6.07) is 49.3. The van der Waals surface area contributed by atoms with Crippen molar-refractivity contribution in [2.45, 2.75) is 59.8 Å². The molecule has 50 heavy (non-hydrogen) atoms. The number of aromatic nitrogens is 1. The van der Waals surface area contributed by atoms with Gasteiger partial charge in [-0.2, -0.15) is 21.0 Å². The van der Waals surface area contributed by atoms with Crippen molar-refractivity contribution < 1.29 is 13.7 Å². The largest absolute Gasteiger partial charge is 0.439 e. The highest BCUT2D eigenvalue weighted by Gasteiger charge is 2.39. The topological polar surface area (TPSA) is 29.5 Å². The lowest BCUT2D eigenvalue weighted by molar-refractivity contribution is -0.674. The number of benzene rings is 5. The minimum atomic E-state index is -1.06. The van der Waals surface area contributed by atoms with Gasteiger partial charge in [-0.25, -0.2) is 0 Å². The number of hydrogen-bond donors (Lipinski definition) is 0. The molecule has 0 fully saturated rings. The van der Waals surface area contributed by atoms with Crippen LogP contribution >= 0.6 is 0 Å². The molecule has 0 bridgehead atoms. The van der Waals surface area contributed by atoms with Gasteiger partial charge in [-0.05, 0) is 44.0 Å². The predicted octanol–water partition coefficient (Wildman–Crippen LogP) is 9.25. The molecule has 0 atom stereocenters. The lowest BCUT2D eigenvalue weighted by Crippen LogP contribution is -2.72. The number of para-hydroxylation sites is 4. The minimum Gasteiger partial charge on any atom is -0.439 e. The monoisotopic (exact) mass is 660 g/mol. The number of rotatable bonds is 8. The van der Waals surface area contributed by atoms with E-state index in [4.69, 9.17) is 9.15 Å². The first kappa shape index (κ1) is 34.6. The Balaban J connectivity index is 0.000000175. The molecule has 1 aliphatic heterocycles. The van der Waals surface area contributed by atoms with E-state index < -0.39 is 6.15 Å². The first-order valence-electron chi connectivity index (χ1n) is 18.0. The van der Waals surface area contributed by atoms with Gasteiger partial charge in [0.25, 0.3) is 5.52 Å². The summed E-state index contributed by atoms with van der Waals surface area (Å²) in [6.07, 6.45) is 4.08. The third-order valence-electron chi connectivity index (χ3n) is 10.1. The van der Waals surface area contributed by atoms with Gasteiger partial charge < -0.3 is 14.1 Å². The average molecular weight is 661 g/mol. The summed E-state index contributed by atoms with van der Waals surface area (Å²) in [5, 5.41) is 0.0874. The summed E-state index contributed by atoms with van der Waals surface area (Å²) in [5.74, 6) is 2.64. The number of anilines is 1. The molecule has 5 aromatic carbocycles. The van der Waals surface area contributed by atoms with Crippen molar-refractivity contribution in [2.24, 2.45) is 0 Å². The molecule has 4 nitrogen and oxygen atoms in total. The summed E-state index contributed by atoms with van der Waals surface area (Å²) < 4.78 is 14.4. The van der Waals surface area contributed by atoms with Crippen LogP contribution in [0.3, 0.4) is 0 Å². The fourth-order valence-corrected chi connectivity index (χ4v) is 7.84. The molecule has 2 heterocycles. The average Bonchev–Trinajstić information content (AvgIpc) is 3.69. The number of oxazole rings is 1. The van der Waals surface area contributed by atoms with Crippen LogP contribution < -0.4 is 30.6 Å². The number of nitrogens with zero attached hydrogens (tertiary/aromatic N) is 2. The second kappa shape index (κ2) is 15.1. The highest BCUT2D eigenvalue weighted by Crippen LogP contribution is 2.39. The number of fused-ring (bicyclic) bond motifs is 2. The van der Waals surface area contributed by atoms with Crippen LogP contribution in [0.1, 0.15) is 53.9 Å². The van der Waals surface area contributed by atoms with Crippen molar-refractivity contribution in [2.75, 3.05) is 11.4 Å². The van der Waals surface area contributed by atoms with Crippen molar-refractivity contribution in [3.05, 3.63) is 163 Å². The molecule has 0 saturated heterocycles. The van der Waals surface area contributed by atoms with Crippen LogP contribution in [0.5, 0.6) is 5.75 Å². The molecule has 0 N–H and O–H groups in total. The second-order valence-corrected chi connectivity index (χ2v) is 14.0. The zero-order valence-corrected chi connectivity index (χ0v) is 30.3. The lowest BCUT2D eigenvalue weighted by Gasteiger charge is -2.54. The van der Waals surface area contributed by atoms with Crippen molar-refractivity contribution in [3.63, 3.8) is 0 Å². The van der Waals surface area contributed by atoms with Gasteiger partial charge in [-0.15, -0.1) is 5.31 Å².